The van der Waals surface area contributed by atoms with E-state index in [4.69, 9.17) is 5.73 Å². The van der Waals surface area contributed by atoms with E-state index in [1.165, 1.54) is 19.1 Å². The molecule has 1 heterocycles. The van der Waals surface area contributed by atoms with E-state index in [-0.39, 0.29) is 35.3 Å². The van der Waals surface area contributed by atoms with E-state index in [0.717, 1.165) is 6.07 Å². The molecule has 0 fully saturated rings. The van der Waals surface area contributed by atoms with Gasteiger partial charge in [0.25, 0.3) is 5.69 Å². The first-order valence-corrected chi connectivity index (χ1v) is 7.91. The lowest BCUT2D eigenvalue weighted by Gasteiger charge is -2.22. The summed E-state index contributed by atoms with van der Waals surface area (Å²) < 4.78 is 40.3. The molecule has 27 heavy (non-hydrogen) atoms. The number of nitrogens with two attached hydrogens (primary N) is 1. The number of fused-ring (bicyclic) bond motifs is 1. The summed E-state index contributed by atoms with van der Waals surface area (Å²) in [6, 6.07) is 2.76. The molecule has 1 aliphatic carbocycles. The fourth-order valence-corrected chi connectivity index (χ4v) is 3.14. The van der Waals surface area contributed by atoms with E-state index in [1.54, 1.807) is 0 Å². The molecule has 3 rings (SSSR count). The zero-order valence-corrected chi connectivity index (χ0v) is 14.1. The number of halogens is 3. The number of amides is 2. The molecule has 1 aliphatic rings. The highest BCUT2D eigenvalue weighted by atomic mass is 19.4. The van der Waals surface area contributed by atoms with Gasteiger partial charge in [0.1, 0.15) is 5.69 Å². The Bertz CT molecular complexity index is 946. The van der Waals surface area contributed by atoms with Crippen molar-refractivity contribution in [3.8, 4) is 0 Å². The lowest BCUT2D eigenvalue weighted by atomic mass is 10.1. The SMILES string of the molecule is Cc1cccc([N+](=O)[O-])c1N(C(N)=O)c1nc2c(c(C(F)(F)F)n1)CCC2. The van der Waals surface area contributed by atoms with Crippen molar-refractivity contribution in [2.45, 2.75) is 32.4 Å². The Hall–Kier alpha value is -3.24. The van der Waals surface area contributed by atoms with Gasteiger partial charge in [-0.1, -0.05) is 12.1 Å². The normalized spacial score (nSPS) is 13.3. The average molecular weight is 381 g/mol. The second-order valence-corrected chi connectivity index (χ2v) is 6.02. The predicted molar refractivity (Wildman–Crippen MR) is 88.6 cm³/mol. The van der Waals surface area contributed by atoms with E-state index in [1.807, 2.05) is 0 Å². The lowest BCUT2D eigenvalue weighted by molar-refractivity contribution is -0.384. The highest BCUT2D eigenvalue weighted by molar-refractivity contribution is 5.99. The number of urea groups is 1. The van der Waals surface area contributed by atoms with Crippen molar-refractivity contribution in [1.82, 2.24) is 9.97 Å². The van der Waals surface area contributed by atoms with E-state index in [0.29, 0.717) is 11.3 Å². The molecular formula is C16H14F3N5O3. The predicted octanol–water partition coefficient (Wildman–Crippen LogP) is 3.42. The maximum Gasteiger partial charge on any atom is 0.433 e. The molecule has 0 atom stereocenters. The van der Waals surface area contributed by atoms with Gasteiger partial charge in [-0.3, -0.25) is 10.1 Å². The Balaban J connectivity index is 2.28. The van der Waals surface area contributed by atoms with Crippen molar-refractivity contribution >= 4 is 23.4 Å². The van der Waals surface area contributed by atoms with Gasteiger partial charge in [-0.15, -0.1) is 0 Å². The molecule has 142 valence electrons. The summed E-state index contributed by atoms with van der Waals surface area (Å²) in [5, 5.41) is 11.4. The number of primary amides is 1. The molecule has 2 N–H and O–H groups in total. The quantitative estimate of drug-likeness (QED) is 0.646. The molecule has 0 saturated carbocycles. The van der Waals surface area contributed by atoms with Gasteiger partial charge in [0.05, 0.1) is 4.92 Å². The highest BCUT2D eigenvalue weighted by Crippen LogP contribution is 2.39. The standard InChI is InChI=1S/C16H14F3N5O3/c1-8-4-2-7-11(24(26)27)12(8)23(14(20)25)15-21-10-6-3-5-9(10)13(22-15)16(17,18)19/h2,4,7H,3,5-6H2,1H3,(H2,20,25). The number of rotatable bonds is 3. The minimum absolute atomic E-state index is 0.0186. The minimum atomic E-state index is -4.76. The Morgan fingerprint density at radius 2 is 2.00 bits per heavy atom. The van der Waals surface area contributed by atoms with Crippen LogP contribution in [0.25, 0.3) is 0 Å². The zero-order valence-electron chi connectivity index (χ0n) is 14.1. The molecular weight excluding hydrogens is 367 g/mol. The number of alkyl halides is 3. The topological polar surface area (TPSA) is 115 Å². The van der Waals surface area contributed by atoms with Gasteiger partial charge in [0, 0.05) is 17.3 Å². The summed E-state index contributed by atoms with van der Waals surface area (Å²) in [5.74, 6) is -0.632. The van der Waals surface area contributed by atoms with Gasteiger partial charge in [-0.25, -0.2) is 19.7 Å². The van der Waals surface area contributed by atoms with Crippen LogP contribution in [0.5, 0.6) is 0 Å². The molecule has 0 bridgehead atoms. The summed E-state index contributed by atoms with van der Waals surface area (Å²) in [6.45, 7) is 1.47. The summed E-state index contributed by atoms with van der Waals surface area (Å²) in [7, 11) is 0. The van der Waals surface area contributed by atoms with Gasteiger partial charge < -0.3 is 5.73 Å². The van der Waals surface area contributed by atoms with Crippen molar-refractivity contribution in [3.05, 3.63) is 50.8 Å². The molecule has 11 heteroatoms. The van der Waals surface area contributed by atoms with Crippen LogP contribution in [0.4, 0.5) is 35.3 Å². The van der Waals surface area contributed by atoms with Crippen LogP contribution in [0, 0.1) is 17.0 Å². The average Bonchev–Trinajstić information content (AvgIpc) is 3.02. The highest BCUT2D eigenvalue weighted by Gasteiger charge is 2.40. The summed E-state index contributed by atoms with van der Waals surface area (Å²) in [4.78, 5) is 30.8. The number of nitro benzene ring substituents is 1. The smallest absolute Gasteiger partial charge is 0.351 e. The van der Waals surface area contributed by atoms with Crippen LogP contribution in [0.15, 0.2) is 18.2 Å². The molecule has 1 aromatic carbocycles. The Labute approximate surface area is 151 Å². The van der Waals surface area contributed by atoms with Crippen LogP contribution in [0.2, 0.25) is 0 Å². The van der Waals surface area contributed by atoms with Crippen molar-refractivity contribution in [2.75, 3.05) is 4.90 Å². The Kier molecular flexibility index (Phi) is 4.46. The van der Waals surface area contributed by atoms with Crippen LogP contribution in [-0.4, -0.2) is 20.9 Å². The molecule has 0 spiro atoms. The van der Waals surface area contributed by atoms with Crippen molar-refractivity contribution < 1.29 is 22.9 Å². The third kappa shape index (κ3) is 3.27. The van der Waals surface area contributed by atoms with E-state index >= 15 is 0 Å². The molecule has 2 aromatic rings. The van der Waals surface area contributed by atoms with Crippen LogP contribution >= 0.6 is 0 Å². The number of carbonyl (C=O) groups excluding carboxylic acids is 1. The lowest BCUT2D eigenvalue weighted by Crippen LogP contribution is -2.34. The van der Waals surface area contributed by atoms with Crippen molar-refractivity contribution in [3.63, 3.8) is 0 Å². The molecule has 0 aliphatic heterocycles. The Morgan fingerprint density at radius 3 is 2.59 bits per heavy atom. The van der Waals surface area contributed by atoms with E-state index in [2.05, 4.69) is 9.97 Å². The maximum atomic E-state index is 13.4. The summed E-state index contributed by atoms with van der Waals surface area (Å²) >= 11 is 0. The number of nitro groups is 1. The number of aromatic nitrogens is 2. The van der Waals surface area contributed by atoms with Gasteiger partial charge in [0.2, 0.25) is 5.95 Å². The number of carbonyl (C=O) groups is 1. The van der Waals surface area contributed by atoms with Gasteiger partial charge in [-0.2, -0.15) is 13.2 Å². The van der Waals surface area contributed by atoms with E-state index in [9.17, 15) is 28.1 Å². The first-order chi connectivity index (χ1) is 12.6. The van der Waals surface area contributed by atoms with Crippen LogP contribution < -0.4 is 10.6 Å². The largest absolute Gasteiger partial charge is 0.433 e. The minimum Gasteiger partial charge on any atom is -0.351 e. The van der Waals surface area contributed by atoms with Gasteiger partial charge in [-0.05, 0) is 31.7 Å². The summed E-state index contributed by atoms with van der Waals surface area (Å²) in [5.41, 5.74) is 3.85. The van der Waals surface area contributed by atoms with Crippen molar-refractivity contribution in [2.24, 2.45) is 5.73 Å². The van der Waals surface area contributed by atoms with Crippen molar-refractivity contribution in [1.29, 1.82) is 0 Å². The fraction of sp³-hybridized carbons (Fsp3) is 0.312. The van der Waals surface area contributed by atoms with E-state index < -0.39 is 34.5 Å². The number of para-hydroxylation sites is 1. The molecule has 0 saturated heterocycles. The number of benzene rings is 1. The number of hydrogen-bond donors (Lipinski definition) is 1. The second-order valence-electron chi connectivity index (χ2n) is 6.02. The molecule has 2 amide bonds. The van der Waals surface area contributed by atoms with Crippen LogP contribution in [-0.2, 0) is 19.0 Å². The van der Waals surface area contributed by atoms with Gasteiger partial charge in [0.15, 0.2) is 5.69 Å². The summed E-state index contributed by atoms with van der Waals surface area (Å²) in [6.07, 6.45) is -3.83. The third-order valence-corrected chi connectivity index (χ3v) is 4.25. The Morgan fingerprint density at radius 1 is 1.30 bits per heavy atom. The number of nitrogens with zero attached hydrogens (tertiary/aromatic N) is 4. The monoisotopic (exact) mass is 381 g/mol. The van der Waals surface area contributed by atoms with Crippen LogP contribution in [0.3, 0.4) is 0 Å². The fourth-order valence-electron chi connectivity index (χ4n) is 3.14. The molecule has 1 aromatic heterocycles. The van der Waals surface area contributed by atoms with Crippen LogP contribution in [0.1, 0.15) is 28.9 Å². The molecule has 0 radical (unpaired) electrons. The number of hydrogen-bond acceptors (Lipinski definition) is 5. The van der Waals surface area contributed by atoms with Gasteiger partial charge >= 0.3 is 12.2 Å². The third-order valence-electron chi connectivity index (χ3n) is 4.25. The molecule has 0 unspecified atom stereocenters. The zero-order chi connectivity index (χ0) is 19.9. The second kappa shape index (κ2) is 6.49. The number of aryl methyl sites for hydroxylation is 2. The number of anilines is 2. The first kappa shape index (κ1) is 18.5. The maximum absolute atomic E-state index is 13.4. The first-order valence-electron chi connectivity index (χ1n) is 7.91. The molecule has 8 nitrogen and oxygen atoms in total.